The molecule has 1 N–H and O–H groups in total. The molecule has 0 aliphatic rings. The van der Waals surface area contributed by atoms with Gasteiger partial charge in [-0.2, -0.15) is 0 Å². The number of esters is 1. The lowest BCUT2D eigenvalue weighted by Gasteiger charge is -2.17. The number of hydrogen-bond acceptors (Lipinski definition) is 5. The Morgan fingerprint density at radius 1 is 1.14 bits per heavy atom. The number of aryl methyl sites for hydroxylation is 1. The molecule has 0 aliphatic carbocycles. The Labute approximate surface area is 172 Å². The molecule has 0 radical (unpaired) electrons. The largest absolute Gasteiger partial charge is 0.450 e. The van der Waals surface area contributed by atoms with E-state index < -0.39 is 23.9 Å². The van der Waals surface area contributed by atoms with Crippen LogP contribution in [0.4, 0.5) is 0 Å². The number of hydrogen-bond donors (Lipinski definition) is 1. The molecule has 0 unspecified atom stereocenters. The van der Waals surface area contributed by atoms with Crippen molar-refractivity contribution in [3.05, 3.63) is 80.7 Å². The van der Waals surface area contributed by atoms with Gasteiger partial charge in [-0.3, -0.25) is 9.59 Å². The number of carbonyl (C=O) groups excluding carboxylic acids is 2. The van der Waals surface area contributed by atoms with E-state index in [0.717, 1.165) is 17.2 Å². The third kappa shape index (κ3) is 5.03. The second-order valence-electron chi connectivity index (χ2n) is 6.63. The second-order valence-corrected chi connectivity index (χ2v) is 7.07. The smallest absolute Gasteiger partial charge is 0.374 e. The highest BCUT2D eigenvalue weighted by Gasteiger charge is 2.18. The molecule has 1 atom stereocenters. The maximum Gasteiger partial charge on any atom is 0.374 e. The molecular weight excluding hydrogens is 394 g/mol. The summed E-state index contributed by atoms with van der Waals surface area (Å²) in [5, 5.41) is 3.48. The molecule has 1 amide bonds. The maximum absolute atomic E-state index is 12.2. The molecule has 3 rings (SSSR count). The van der Waals surface area contributed by atoms with Crippen LogP contribution in [0.3, 0.4) is 0 Å². The van der Waals surface area contributed by atoms with Crippen LogP contribution in [0.25, 0.3) is 11.0 Å². The summed E-state index contributed by atoms with van der Waals surface area (Å²) in [4.78, 5) is 36.6. The molecule has 150 valence electrons. The minimum Gasteiger partial charge on any atom is -0.450 e. The standard InChI is InChI=1S/C22H20ClNO5/c1-3-17(14-6-4-13(2)5-7-14)24-21(26)12-28-22(27)20-11-18(25)16-10-15(23)8-9-19(16)29-20/h4-11,17H,3,12H2,1-2H3,(H,24,26)/t17-/m0/s1. The molecular formula is C22H20ClNO5. The van der Waals surface area contributed by atoms with Crippen LogP contribution in [0.15, 0.2) is 57.7 Å². The van der Waals surface area contributed by atoms with Crippen molar-refractivity contribution in [2.45, 2.75) is 26.3 Å². The highest BCUT2D eigenvalue weighted by Crippen LogP contribution is 2.19. The highest BCUT2D eigenvalue weighted by molar-refractivity contribution is 6.31. The lowest BCUT2D eigenvalue weighted by atomic mass is 10.0. The van der Waals surface area contributed by atoms with Crippen molar-refractivity contribution in [2.75, 3.05) is 6.61 Å². The summed E-state index contributed by atoms with van der Waals surface area (Å²) in [7, 11) is 0. The van der Waals surface area contributed by atoms with E-state index in [1.165, 1.54) is 12.1 Å². The van der Waals surface area contributed by atoms with Crippen LogP contribution < -0.4 is 10.7 Å². The van der Waals surface area contributed by atoms with Gasteiger partial charge in [-0.05, 0) is 37.1 Å². The van der Waals surface area contributed by atoms with Crippen molar-refractivity contribution >= 4 is 34.4 Å². The molecule has 0 fully saturated rings. The van der Waals surface area contributed by atoms with Crippen LogP contribution in [-0.4, -0.2) is 18.5 Å². The first-order chi connectivity index (χ1) is 13.9. The lowest BCUT2D eigenvalue weighted by Crippen LogP contribution is -2.32. The fourth-order valence-corrected chi connectivity index (χ4v) is 3.06. The fraction of sp³-hybridized carbons (Fsp3) is 0.227. The summed E-state index contributed by atoms with van der Waals surface area (Å²) in [6.45, 7) is 3.46. The van der Waals surface area contributed by atoms with E-state index >= 15 is 0 Å². The SMILES string of the molecule is CC[C@H](NC(=O)COC(=O)c1cc(=O)c2cc(Cl)ccc2o1)c1ccc(C)cc1. The Morgan fingerprint density at radius 3 is 2.55 bits per heavy atom. The van der Waals surface area contributed by atoms with Gasteiger partial charge < -0.3 is 14.5 Å². The lowest BCUT2D eigenvalue weighted by molar-refractivity contribution is -0.125. The molecule has 3 aromatic rings. The molecule has 6 nitrogen and oxygen atoms in total. The van der Waals surface area contributed by atoms with Gasteiger partial charge in [0.05, 0.1) is 11.4 Å². The van der Waals surface area contributed by atoms with Crippen LogP contribution >= 0.6 is 11.6 Å². The van der Waals surface area contributed by atoms with E-state index in [1.807, 2.05) is 38.1 Å². The van der Waals surface area contributed by atoms with Crippen molar-refractivity contribution in [3.63, 3.8) is 0 Å². The molecule has 2 aromatic carbocycles. The van der Waals surface area contributed by atoms with Crippen molar-refractivity contribution in [3.8, 4) is 0 Å². The Kier molecular flexibility index (Phi) is 6.34. The number of halogens is 1. The normalized spacial score (nSPS) is 11.8. The number of rotatable bonds is 6. The summed E-state index contributed by atoms with van der Waals surface area (Å²) in [5.74, 6) is -1.61. The topological polar surface area (TPSA) is 85.6 Å². The Balaban J connectivity index is 1.64. The summed E-state index contributed by atoms with van der Waals surface area (Å²) < 4.78 is 10.4. The number of amides is 1. The molecule has 0 aliphatic heterocycles. The van der Waals surface area contributed by atoms with Crippen LogP contribution in [-0.2, 0) is 9.53 Å². The summed E-state index contributed by atoms with van der Waals surface area (Å²) >= 11 is 5.87. The first-order valence-corrected chi connectivity index (χ1v) is 9.51. The number of carbonyl (C=O) groups is 2. The molecule has 29 heavy (non-hydrogen) atoms. The summed E-state index contributed by atoms with van der Waals surface area (Å²) in [6.07, 6.45) is 0.685. The predicted octanol–water partition coefficient (Wildman–Crippen LogP) is 4.18. The van der Waals surface area contributed by atoms with Gasteiger partial charge in [0, 0.05) is 11.1 Å². The number of ether oxygens (including phenoxy) is 1. The Morgan fingerprint density at radius 2 is 1.86 bits per heavy atom. The quantitative estimate of drug-likeness (QED) is 0.613. The minimum absolute atomic E-state index is 0.190. The average Bonchev–Trinajstić information content (AvgIpc) is 2.71. The summed E-state index contributed by atoms with van der Waals surface area (Å²) in [5.41, 5.74) is 1.89. The average molecular weight is 414 g/mol. The molecule has 0 bridgehead atoms. The summed E-state index contributed by atoms with van der Waals surface area (Å²) in [6, 6.07) is 13.2. The van der Waals surface area contributed by atoms with Gasteiger partial charge in [0.25, 0.3) is 5.91 Å². The monoisotopic (exact) mass is 413 g/mol. The first-order valence-electron chi connectivity index (χ1n) is 9.14. The molecule has 0 saturated carbocycles. The number of benzene rings is 2. The molecule has 7 heteroatoms. The third-order valence-corrected chi connectivity index (χ3v) is 4.68. The van der Waals surface area contributed by atoms with Gasteiger partial charge in [-0.15, -0.1) is 0 Å². The first kappa shape index (κ1) is 20.6. The molecule has 1 heterocycles. The van der Waals surface area contributed by atoms with E-state index in [0.29, 0.717) is 11.4 Å². The van der Waals surface area contributed by atoms with Crippen molar-refractivity contribution in [1.29, 1.82) is 0 Å². The van der Waals surface area contributed by atoms with Crippen molar-refractivity contribution < 1.29 is 18.7 Å². The zero-order chi connectivity index (χ0) is 21.0. The fourth-order valence-electron chi connectivity index (χ4n) is 2.89. The zero-order valence-corrected chi connectivity index (χ0v) is 16.8. The Bertz CT molecular complexity index is 1100. The van der Waals surface area contributed by atoms with Gasteiger partial charge in [0.1, 0.15) is 5.58 Å². The Hall–Kier alpha value is -3.12. The molecule has 1 aromatic heterocycles. The number of nitrogens with one attached hydrogen (secondary N) is 1. The van der Waals surface area contributed by atoms with Crippen LogP contribution in [0.2, 0.25) is 5.02 Å². The van der Waals surface area contributed by atoms with Crippen molar-refractivity contribution in [1.82, 2.24) is 5.32 Å². The zero-order valence-electron chi connectivity index (χ0n) is 16.0. The maximum atomic E-state index is 12.2. The van der Waals surface area contributed by atoms with Gasteiger partial charge in [-0.25, -0.2) is 4.79 Å². The van der Waals surface area contributed by atoms with E-state index in [9.17, 15) is 14.4 Å². The van der Waals surface area contributed by atoms with E-state index in [1.54, 1.807) is 6.07 Å². The van der Waals surface area contributed by atoms with Gasteiger partial charge in [-0.1, -0.05) is 48.4 Å². The van der Waals surface area contributed by atoms with Crippen molar-refractivity contribution in [2.24, 2.45) is 0 Å². The van der Waals surface area contributed by atoms with E-state index in [-0.39, 0.29) is 22.8 Å². The second kappa shape index (κ2) is 8.92. The van der Waals surface area contributed by atoms with E-state index in [2.05, 4.69) is 5.32 Å². The molecule has 0 spiro atoms. The van der Waals surface area contributed by atoms with Gasteiger partial charge in [0.2, 0.25) is 5.76 Å². The third-order valence-electron chi connectivity index (χ3n) is 4.45. The van der Waals surface area contributed by atoms with Crippen LogP contribution in [0.5, 0.6) is 0 Å². The highest BCUT2D eigenvalue weighted by atomic mass is 35.5. The van der Waals surface area contributed by atoms with Crippen LogP contribution in [0.1, 0.15) is 41.1 Å². The van der Waals surface area contributed by atoms with Crippen LogP contribution in [0, 0.1) is 6.92 Å². The van der Waals surface area contributed by atoms with Gasteiger partial charge >= 0.3 is 5.97 Å². The van der Waals surface area contributed by atoms with E-state index in [4.69, 9.17) is 20.8 Å². The molecule has 0 saturated heterocycles. The minimum atomic E-state index is -0.891. The van der Waals surface area contributed by atoms with Gasteiger partial charge in [0.15, 0.2) is 12.0 Å². The number of fused-ring (bicyclic) bond motifs is 1. The predicted molar refractivity (Wildman–Crippen MR) is 110 cm³/mol.